The van der Waals surface area contributed by atoms with Crippen molar-refractivity contribution in [2.24, 2.45) is 5.73 Å². The van der Waals surface area contributed by atoms with Crippen LogP contribution in [0.15, 0.2) is 18.2 Å². The number of fused-ring (bicyclic) bond motifs is 1. The van der Waals surface area contributed by atoms with Crippen molar-refractivity contribution in [1.82, 2.24) is 0 Å². The minimum atomic E-state index is 0.0300. The maximum atomic E-state index is 6.07. The third-order valence-corrected chi connectivity index (χ3v) is 2.74. The summed E-state index contributed by atoms with van der Waals surface area (Å²) in [7, 11) is 0. The second-order valence-electron chi connectivity index (χ2n) is 3.15. The van der Waals surface area contributed by atoms with Crippen LogP contribution in [0.2, 0.25) is 5.02 Å². The van der Waals surface area contributed by atoms with Crippen LogP contribution in [-0.2, 0) is 11.2 Å². The van der Waals surface area contributed by atoms with Gasteiger partial charge in [0.1, 0.15) is 0 Å². The maximum Gasteiger partial charge on any atom is 0.0950 e. The number of halogens is 1. The molecule has 0 saturated carbocycles. The zero-order valence-corrected chi connectivity index (χ0v) is 8.05. The van der Waals surface area contributed by atoms with Crippen molar-refractivity contribution < 1.29 is 4.74 Å². The third-order valence-electron chi connectivity index (χ3n) is 2.39. The Kier molecular flexibility index (Phi) is 2.54. The van der Waals surface area contributed by atoms with Crippen molar-refractivity contribution >= 4 is 11.6 Å². The van der Waals surface area contributed by atoms with Gasteiger partial charge in [0.05, 0.1) is 12.7 Å². The highest BCUT2D eigenvalue weighted by molar-refractivity contribution is 6.31. The first-order chi connectivity index (χ1) is 6.33. The summed E-state index contributed by atoms with van der Waals surface area (Å²) >= 11 is 6.07. The molecule has 0 bridgehead atoms. The van der Waals surface area contributed by atoms with E-state index in [1.807, 2.05) is 18.2 Å². The van der Waals surface area contributed by atoms with Crippen LogP contribution in [0.5, 0.6) is 0 Å². The fourth-order valence-electron chi connectivity index (χ4n) is 1.73. The summed E-state index contributed by atoms with van der Waals surface area (Å²) in [6, 6.07) is 5.90. The van der Waals surface area contributed by atoms with Crippen LogP contribution >= 0.6 is 11.6 Å². The lowest BCUT2D eigenvalue weighted by Crippen LogP contribution is -2.23. The number of hydrogen-bond acceptors (Lipinski definition) is 2. The Morgan fingerprint density at radius 2 is 2.38 bits per heavy atom. The first-order valence-electron chi connectivity index (χ1n) is 4.42. The normalized spacial score (nSPS) is 21.2. The molecule has 3 heteroatoms. The van der Waals surface area contributed by atoms with Crippen LogP contribution in [0.4, 0.5) is 0 Å². The summed E-state index contributed by atoms with van der Waals surface area (Å²) in [5.74, 6) is 0. The number of rotatable bonds is 1. The maximum absolute atomic E-state index is 6.07. The molecule has 1 aromatic carbocycles. The van der Waals surface area contributed by atoms with Gasteiger partial charge in [-0.2, -0.15) is 0 Å². The lowest BCUT2D eigenvalue weighted by molar-refractivity contribution is 0.0485. The summed E-state index contributed by atoms with van der Waals surface area (Å²) in [5.41, 5.74) is 7.95. The zero-order valence-electron chi connectivity index (χ0n) is 7.29. The van der Waals surface area contributed by atoms with Gasteiger partial charge in [-0.1, -0.05) is 23.7 Å². The Morgan fingerprint density at radius 1 is 1.54 bits per heavy atom. The number of benzene rings is 1. The summed E-state index contributed by atoms with van der Waals surface area (Å²) in [5, 5.41) is 0.833. The highest BCUT2D eigenvalue weighted by atomic mass is 35.5. The van der Waals surface area contributed by atoms with Gasteiger partial charge in [0.15, 0.2) is 0 Å². The zero-order chi connectivity index (χ0) is 9.26. The molecule has 1 heterocycles. The molecule has 0 amide bonds. The highest BCUT2D eigenvalue weighted by Gasteiger charge is 2.20. The van der Waals surface area contributed by atoms with E-state index in [1.165, 1.54) is 5.56 Å². The highest BCUT2D eigenvalue weighted by Crippen LogP contribution is 2.30. The Bertz CT molecular complexity index is 314. The van der Waals surface area contributed by atoms with Gasteiger partial charge in [-0.3, -0.25) is 0 Å². The van der Waals surface area contributed by atoms with E-state index in [2.05, 4.69) is 0 Å². The lowest BCUT2D eigenvalue weighted by Gasteiger charge is -2.25. The van der Waals surface area contributed by atoms with E-state index >= 15 is 0 Å². The minimum Gasteiger partial charge on any atom is -0.372 e. The van der Waals surface area contributed by atoms with Crippen molar-refractivity contribution in [1.29, 1.82) is 0 Å². The Labute approximate surface area is 82.6 Å². The molecule has 1 atom stereocenters. The molecule has 1 unspecified atom stereocenters. The van der Waals surface area contributed by atoms with E-state index in [-0.39, 0.29) is 6.10 Å². The number of ether oxygens (including phenoxy) is 1. The van der Waals surface area contributed by atoms with Crippen molar-refractivity contribution in [3.05, 3.63) is 34.3 Å². The third kappa shape index (κ3) is 1.57. The second kappa shape index (κ2) is 3.66. The fourth-order valence-corrected chi connectivity index (χ4v) is 2.01. The summed E-state index contributed by atoms with van der Waals surface area (Å²) in [6.07, 6.45) is 0.924. The molecule has 2 rings (SSSR count). The molecule has 0 fully saturated rings. The van der Waals surface area contributed by atoms with Gasteiger partial charge >= 0.3 is 0 Å². The van der Waals surface area contributed by atoms with E-state index < -0.39 is 0 Å². The van der Waals surface area contributed by atoms with Gasteiger partial charge in [-0.15, -0.1) is 0 Å². The standard InChI is InChI=1S/C10H12ClNO/c11-9-3-1-2-8-7(9)4-5-13-10(8)6-12/h1-3,10H,4-6,12H2. The van der Waals surface area contributed by atoms with E-state index in [4.69, 9.17) is 22.1 Å². The summed E-state index contributed by atoms with van der Waals surface area (Å²) in [4.78, 5) is 0. The Balaban J connectivity index is 2.45. The predicted molar refractivity (Wildman–Crippen MR) is 52.9 cm³/mol. The lowest BCUT2D eigenvalue weighted by atomic mass is 9.97. The summed E-state index contributed by atoms with van der Waals surface area (Å²) < 4.78 is 5.52. The van der Waals surface area contributed by atoms with E-state index in [0.717, 1.165) is 23.6 Å². The monoisotopic (exact) mass is 197 g/mol. The van der Waals surface area contributed by atoms with Crippen molar-refractivity contribution in [3.8, 4) is 0 Å². The van der Waals surface area contributed by atoms with E-state index in [0.29, 0.717) is 6.54 Å². The first kappa shape index (κ1) is 9.00. The van der Waals surface area contributed by atoms with Gasteiger partial charge in [0, 0.05) is 11.6 Å². The summed E-state index contributed by atoms with van der Waals surface area (Å²) in [6.45, 7) is 1.24. The second-order valence-corrected chi connectivity index (χ2v) is 3.56. The van der Waals surface area contributed by atoms with Gasteiger partial charge in [-0.05, 0) is 23.6 Å². The van der Waals surface area contributed by atoms with Gasteiger partial charge < -0.3 is 10.5 Å². The molecular formula is C10H12ClNO. The predicted octanol–water partition coefficient (Wildman–Crippen LogP) is 1.91. The SMILES string of the molecule is NCC1OCCc2c(Cl)cccc21. The molecule has 1 aliphatic rings. The molecule has 0 spiro atoms. The average molecular weight is 198 g/mol. The molecule has 1 aromatic rings. The van der Waals surface area contributed by atoms with Gasteiger partial charge in [-0.25, -0.2) is 0 Å². The van der Waals surface area contributed by atoms with Crippen molar-refractivity contribution in [2.75, 3.05) is 13.2 Å². The number of nitrogens with two attached hydrogens (primary N) is 1. The minimum absolute atomic E-state index is 0.0300. The van der Waals surface area contributed by atoms with Crippen molar-refractivity contribution in [2.45, 2.75) is 12.5 Å². The molecule has 0 radical (unpaired) electrons. The Hall–Kier alpha value is -0.570. The molecule has 0 aliphatic carbocycles. The quantitative estimate of drug-likeness (QED) is 0.747. The van der Waals surface area contributed by atoms with Crippen molar-refractivity contribution in [3.63, 3.8) is 0 Å². The van der Waals surface area contributed by atoms with Crippen LogP contribution < -0.4 is 5.73 Å². The molecule has 2 nitrogen and oxygen atoms in total. The van der Waals surface area contributed by atoms with Crippen LogP contribution in [-0.4, -0.2) is 13.2 Å². The van der Waals surface area contributed by atoms with Crippen LogP contribution in [0.1, 0.15) is 17.2 Å². The van der Waals surface area contributed by atoms with Crippen LogP contribution in [0.25, 0.3) is 0 Å². The first-order valence-corrected chi connectivity index (χ1v) is 4.79. The molecule has 0 aromatic heterocycles. The van der Waals surface area contributed by atoms with E-state index in [1.54, 1.807) is 0 Å². The Morgan fingerprint density at radius 3 is 3.15 bits per heavy atom. The molecular weight excluding hydrogens is 186 g/mol. The molecule has 70 valence electrons. The molecule has 2 N–H and O–H groups in total. The van der Waals surface area contributed by atoms with Crippen LogP contribution in [0.3, 0.4) is 0 Å². The number of hydrogen-bond donors (Lipinski definition) is 1. The van der Waals surface area contributed by atoms with Gasteiger partial charge in [0.2, 0.25) is 0 Å². The largest absolute Gasteiger partial charge is 0.372 e. The van der Waals surface area contributed by atoms with E-state index in [9.17, 15) is 0 Å². The molecule has 0 saturated heterocycles. The van der Waals surface area contributed by atoms with Gasteiger partial charge in [0.25, 0.3) is 0 Å². The van der Waals surface area contributed by atoms with Crippen LogP contribution in [0, 0.1) is 0 Å². The molecule has 13 heavy (non-hydrogen) atoms. The topological polar surface area (TPSA) is 35.2 Å². The molecule has 1 aliphatic heterocycles. The smallest absolute Gasteiger partial charge is 0.0950 e. The average Bonchev–Trinajstić information content (AvgIpc) is 2.18. The fraction of sp³-hybridized carbons (Fsp3) is 0.400.